The third-order valence-electron chi connectivity index (χ3n) is 2.81. The van der Waals surface area contributed by atoms with Crippen LogP contribution in [0.5, 0.6) is 0 Å². The van der Waals surface area contributed by atoms with Crippen LogP contribution in [0, 0.1) is 11.7 Å². The lowest BCUT2D eigenvalue weighted by molar-refractivity contribution is -0.137. The van der Waals surface area contributed by atoms with E-state index in [0.717, 1.165) is 31.0 Å². The summed E-state index contributed by atoms with van der Waals surface area (Å²) in [5.41, 5.74) is 4.83. The Morgan fingerprint density at radius 1 is 1.25 bits per heavy atom. The molecule has 1 nitrogen and oxygen atoms in total. The summed E-state index contributed by atoms with van der Waals surface area (Å²) in [7, 11) is 0. The molecule has 1 saturated carbocycles. The number of hydrogen-bond donors (Lipinski definition) is 1. The Morgan fingerprint density at radius 3 is 2.38 bits per heavy atom. The van der Waals surface area contributed by atoms with Crippen LogP contribution >= 0.6 is 0 Å². The molecule has 0 heterocycles. The number of hydrogen-bond acceptors (Lipinski definition) is 1. The van der Waals surface area contributed by atoms with Gasteiger partial charge in [0, 0.05) is 11.6 Å². The van der Waals surface area contributed by atoms with Crippen molar-refractivity contribution in [2.24, 2.45) is 11.7 Å². The largest absolute Gasteiger partial charge is 0.416 e. The van der Waals surface area contributed by atoms with Gasteiger partial charge >= 0.3 is 6.18 Å². The van der Waals surface area contributed by atoms with Crippen LogP contribution in [0.4, 0.5) is 17.6 Å². The Bertz CT molecular complexity index is 395. The number of benzene rings is 1. The van der Waals surface area contributed by atoms with E-state index in [0.29, 0.717) is 0 Å². The van der Waals surface area contributed by atoms with Crippen LogP contribution in [0.3, 0.4) is 0 Å². The summed E-state index contributed by atoms with van der Waals surface area (Å²) in [5, 5.41) is 0. The third kappa shape index (κ3) is 2.19. The first-order valence-electron chi connectivity index (χ1n) is 5.02. The summed E-state index contributed by atoms with van der Waals surface area (Å²) >= 11 is 0. The lowest BCUT2D eigenvalue weighted by Gasteiger charge is -2.14. The molecule has 0 radical (unpaired) electrons. The van der Waals surface area contributed by atoms with Crippen LogP contribution in [0.15, 0.2) is 18.2 Å². The molecule has 88 valence electrons. The molecule has 0 spiro atoms. The summed E-state index contributed by atoms with van der Waals surface area (Å²) in [6.45, 7) is 0. The second kappa shape index (κ2) is 3.73. The quantitative estimate of drug-likeness (QED) is 0.779. The van der Waals surface area contributed by atoms with Crippen molar-refractivity contribution in [3.63, 3.8) is 0 Å². The standard InChI is InChI=1S/C11H11F4N/c12-9-4-3-7(11(13,14)15)5-8(9)10(16)6-1-2-6/h3-6,10H,1-2,16H2. The molecule has 1 atom stereocenters. The highest BCUT2D eigenvalue weighted by atomic mass is 19.4. The number of rotatable bonds is 2. The average molecular weight is 233 g/mol. The van der Waals surface area contributed by atoms with Crippen LogP contribution in [0.25, 0.3) is 0 Å². The minimum atomic E-state index is -4.45. The molecule has 1 aromatic rings. The Hall–Kier alpha value is -1.10. The molecule has 0 aromatic heterocycles. The molecule has 1 aliphatic carbocycles. The monoisotopic (exact) mass is 233 g/mol. The SMILES string of the molecule is NC(c1cc(C(F)(F)F)ccc1F)C1CC1. The molecule has 16 heavy (non-hydrogen) atoms. The molecule has 5 heteroatoms. The summed E-state index contributed by atoms with van der Waals surface area (Å²) < 4.78 is 50.6. The van der Waals surface area contributed by atoms with Gasteiger partial charge in [0.1, 0.15) is 5.82 Å². The van der Waals surface area contributed by atoms with Crippen LogP contribution < -0.4 is 5.73 Å². The maximum Gasteiger partial charge on any atom is 0.416 e. The predicted octanol–water partition coefficient (Wildman–Crippen LogP) is 3.25. The summed E-state index contributed by atoms with van der Waals surface area (Å²) in [5.74, 6) is -0.537. The fraction of sp³-hybridized carbons (Fsp3) is 0.455. The number of alkyl halides is 3. The zero-order valence-electron chi connectivity index (χ0n) is 8.39. The zero-order valence-corrected chi connectivity index (χ0v) is 8.39. The molecule has 1 aromatic carbocycles. The van der Waals surface area contributed by atoms with Gasteiger partial charge in [-0.25, -0.2) is 4.39 Å². The highest BCUT2D eigenvalue weighted by Crippen LogP contribution is 2.41. The van der Waals surface area contributed by atoms with E-state index in [1.165, 1.54) is 0 Å². The Labute approximate surface area is 90.3 Å². The molecule has 1 fully saturated rings. The van der Waals surface area contributed by atoms with Crippen LogP contribution in [-0.2, 0) is 6.18 Å². The van der Waals surface area contributed by atoms with Gasteiger partial charge in [-0.1, -0.05) is 0 Å². The predicted molar refractivity (Wildman–Crippen MR) is 51.1 cm³/mol. The van der Waals surface area contributed by atoms with E-state index >= 15 is 0 Å². The smallest absolute Gasteiger partial charge is 0.324 e. The molecule has 1 aliphatic rings. The third-order valence-corrected chi connectivity index (χ3v) is 2.81. The Morgan fingerprint density at radius 2 is 1.88 bits per heavy atom. The van der Waals surface area contributed by atoms with Gasteiger partial charge < -0.3 is 5.73 Å². The first-order chi connectivity index (χ1) is 7.39. The first kappa shape index (κ1) is 11.4. The van der Waals surface area contributed by atoms with E-state index in [9.17, 15) is 17.6 Å². The molecule has 1 unspecified atom stereocenters. The lowest BCUT2D eigenvalue weighted by atomic mass is 10.00. The van der Waals surface area contributed by atoms with Gasteiger partial charge in [-0.2, -0.15) is 13.2 Å². The second-order valence-electron chi connectivity index (χ2n) is 4.10. The molecule has 0 saturated heterocycles. The Balaban J connectivity index is 2.36. The molecule has 0 amide bonds. The van der Waals surface area contributed by atoms with Crippen molar-refractivity contribution in [2.45, 2.75) is 25.1 Å². The molecule has 2 rings (SSSR count). The highest BCUT2D eigenvalue weighted by Gasteiger charge is 2.35. The lowest BCUT2D eigenvalue weighted by Crippen LogP contribution is -2.16. The average Bonchev–Trinajstić information content (AvgIpc) is 2.98. The molecular formula is C11H11F4N. The van der Waals surface area contributed by atoms with Gasteiger partial charge in [-0.15, -0.1) is 0 Å². The van der Waals surface area contributed by atoms with Gasteiger partial charge in [0.2, 0.25) is 0 Å². The van der Waals surface area contributed by atoms with E-state index < -0.39 is 23.6 Å². The molecular weight excluding hydrogens is 222 g/mol. The van der Waals surface area contributed by atoms with Gasteiger partial charge in [-0.3, -0.25) is 0 Å². The fourth-order valence-corrected chi connectivity index (χ4v) is 1.68. The first-order valence-corrected chi connectivity index (χ1v) is 5.02. The minimum absolute atomic E-state index is 0.0303. The van der Waals surface area contributed by atoms with Crippen LogP contribution in [0.1, 0.15) is 30.0 Å². The van der Waals surface area contributed by atoms with Crippen molar-refractivity contribution in [3.05, 3.63) is 35.1 Å². The van der Waals surface area contributed by atoms with Crippen molar-refractivity contribution < 1.29 is 17.6 Å². The maximum absolute atomic E-state index is 13.3. The molecule has 2 N–H and O–H groups in total. The summed E-state index contributed by atoms with van der Waals surface area (Å²) in [6, 6.07) is 1.76. The van der Waals surface area contributed by atoms with Gasteiger partial charge in [0.05, 0.1) is 5.56 Å². The summed E-state index contributed by atoms with van der Waals surface area (Å²) in [4.78, 5) is 0. The van der Waals surface area contributed by atoms with E-state index in [2.05, 4.69) is 0 Å². The maximum atomic E-state index is 13.3. The van der Waals surface area contributed by atoms with Crippen molar-refractivity contribution in [3.8, 4) is 0 Å². The van der Waals surface area contributed by atoms with Gasteiger partial charge in [0.25, 0.3) is 0 Å². The normalized spacial score (nSPS) is 18.6. The van der Waals surface area contributed by atoms with Crippen molar-refractivity contribution >= 4 is 0 Å². The fourth-order valence-electron chi connectivity index (χ4n) is 1.68. The molecule has 0 aliphatic heterocycles. The minimum Gasteiger partial charge on any atom is -0.324 e. The van der Waals surface area contributed by atoms with E-state index in [1.807, 2.05) is 0 Å². The van der Waals surface area contributed by atoms with Gasteiger partial charge in [0.15, 0.2) is 0 Å². The number of halogens is 4. The molecule has 0 bridgehead atoms. The van der Waals surface area contributed by atoms with Crippen molar-refractivity contribution in [1.29, 1.82) is 0 Å². The highest BCUT2D eigenvalue weighted by molar-refractivity contribution is 5.30. The topological polar surface area (TPSA) is 26.0 Å². The van der Waals surface area contributed by atoms with E-state index in [4.69, 9.17) is 5.73 Å². The summed E-state index contributed by atoms with van der Waals surface area (Å²) in [6.07, 6.45) is -2.74. The van der Waals surface area contributed by atoms with Crippen molar-refractivity contribution in [1.82, 2.24) is 0 Å². The van der Waals surface area contributed by atoms with E-state index in [-0.39, 0.29) is 11.5 Å². The van der Waals surface area contributed by atoms with Crippen LogP contribution in [-0.4, -0.2) is 0 Å². The Kier molecular flexibility index (Phi) is 2.66. The van der Waals surface area contributed by atoms with E-state index in [1.54, 1.807) is 0 Å². The second-order valence-corrected chi connectivity index (χ2v) is 4.10. The van der Waals surface area contributed by atoms with Gasteiger partial charge in [-0.05, 0) is 37.0 Å². The zero-order chi connectivity index (χ0) is 11.9. The van der Waals surface area contributed by atoms with Crippen molar-refractivity contribution in [2.75, 3.05) is 0 Å². The number of nitrogens with two attached hydrogens (primary N) is 1. The van der Waals surface area contributed by atoms with Crippen LogP contribution in [0.2, 0.25) is 0 Å².